The fourth-order valence-corrected chi connectivity index (χ4v) is 3.63. The maximum atomic E-state index is 12.7. The summed E-state index contributed by atoms with van der Waals surface area (Å²) >= 11 is 0. The van der Waals surface area contributed by atoms with Crippen molar-refractivity contribution in [1.29, 1.82) is 0 Å². The van der Waals surface area contributed by atoms with Crippen LogP contribution in [-0.4, -0.2) is 24.0 Å². The highest BCUT2D eigenvalue weighted by atomic mass is 19.4. The summed E-state index contributed by atoms with van der Waals surface area (Å²) in [4.78, 5) is 2.24. The summed E-state index contributed by atoms with van der Waals surface area (Å²) in [6.07, 6.45) is -2.02. The van der Waals surface area contributed by atoms with Crippen LogP contribution in [0.25, 0.3) is 0 Å². The Balaban J connectivity index is 1.67. The second-order valence-corrected chi connectivity index (χ2v) is 6.06. The molecule has 0 bridgehead atoms. The summed E-state index contributed by atoms with van der Waals surface area (Å²) in [5.74, 6) is 1.16. The minimum atomic E-state index is -4.26. The molecule has 2 nitrogen and oxygen atoms in total. The van der Waals surface area contributed by atoms with Gasteiger partial charge in [-0.1, -0.05) is 18.2 Å². The number of benzene rings is 1. The quantitative estimate of drug-likeness (QED) is 0.905. The third kappa shape index (κ3) is 2.69. The Morgan fingerprint density at radius 1 is 1.20 bits per heavy atom. The van der Waals surface area contributed by atoms with Crippen LogP contribution in [0.5, 0.6) is 0 Å². The second-order valence-electron chi connectivity index (χ2n) is 6.06. The first kappa shape index (κ1) is 13.9. The van der Waals surface area contributed by atoms with Crippen LogP contribution in [0.4, 0.5) is 13.2 Å². The summed E-state index contributed by atoms with van der Waals surface area (Å²) in [5.41, 5.74) is 6.25. The number of hydrogen-bond acceptors (Lipinski definition) is 2. The van der Waals surface area contributed by atoms with Crippen LogP contribution in [0.1, 0.15) is 24.0 Å². The van der Waals surface area contributed by atoms with E-state index in [1.54, 1.807) is 6.07 Å². The van der Waals surface area contributed by atoms with E-state index in [0.717, 1.165) is 37.6 Å². The van der Waals surface area contributed by atoms with Gasteiger partial charge in [0.05, 0.1) is 5.56 Å². The third-order valence-electron chi connectivity index (χ3n) is 4.65. The Kier molecular flexibility index (Phi) is 3.50. The molecule has 1 unspecified atom stereocenters. The van der Waals surface area contributed by atoms with Crippen molar-refractivity contribution in [3.63, 3.8) is 0 Å². The molecule has 2 aliphatic rings. The molecule has 1 aromatic rings. The fraction of sp³-hybridized carbons (Fsp3) is 0.600. The van der Waals surface area contributed by atoms with Gasteiger partial charge in [0.1, 0.15) is 0 Å². The molecule has 3 rings (SSSR count). The number of hydrogen-bond donors (Lipinski definition) is 1. The van der Waals surface area contributed by atoms with Gasteiger partial charge in [-0.25, -0.2) is 0 Å². The van der Waals surface area contributed by atoms with Crippen LogP contribution in [0, 0.1) is 11.8 Å². The maximum Gasteiger partial charge on any atom is 0.416 e. The highest BCUT2D eigenvalue weighted by molar-refractivity contribution is 5.25. The highest BCUT2D eigenvalue weighted by Gasteiger charge is 2.40. The second kappa shape index (κ2) is 5.04. The number of nitrogens with two attached hydrogens (primary N) is 1. The monoisotopic (exact) mass is 284 g/mol. The molecule has 1 aliphatic carbocycles. The third-order valence-corrected chi connectivity index (χ3v) is 4.65. The molecule has 5 heteroatoms. The molecule has 1 saturated carbocycles. The molecule has 3 atom stereocenters. The van der Waals surface area contributed by atoms with E-state index in [1.807, 2.05) is 0 Å². The predicted octanol–water partition coefficient (Wildman–Crippen LogP) is 2.87. The van der Waals surface area contributed by atoms with Crippen molar-refractivity contribution >= 4 is 0 Å². The number of halogens is 3. The maximum absolute atomic E-state index is 12.7. The zero-order valence-corrected chi connectivity index (χ0v) is 11.2. The molecule has 20 heavy (non-hydrogen) atoms. The van der Waals surface area contributed by atoms with Crippen molar-refractivity contribution in [3.8, 4) is 0 Å². The largest absolute Gasteiger partial charge is 0.416 e. The smallest absolute Gasteiger partial charge is 0.327 e. The lowest BCUT2D eigenvalue weighted by Crippen LogP contribution is -2.30. The summed E-state index contributed by atoms with van der Waals surface area (Å²) < 4.78 is 38.1. The van der Waals surface area contributed by atoms with E-state index >= 15 is 0 Å². The molecule has 0 amide bonds. The van der Waals surface area contributed by atoms with Gasteiger partial charge < -0.3 is 5.73 Å². The molecule has 1 aliphatic heterocycles. The number of rotatable bonds is 2. The average molecular weight is 284 g/mol. The van der Waals surface area contributed by atoms with Gasteiger partial charge in [-0.05, 0) is 36.3 Å². The van der Waals surface area contributed by atoms with Crippen LogP contribution < -0.4 is 5.73 Å². The lowest BCUT2D eigenvalue weighted by molar-refractivity contribution is -0.137. The number of likely N-dealkylation sites (tertiary alicyclic amines) is 1. The molecule has 110 valence electrons. The van der Waals surface area contributed by atoms with Crippen molar-refractivity contribution < 1.29 is 13.2 Å². The van der Waals surface area contributed by atoms with E-state index < -0.39 is 11.7 Å². The number of alkyl halides is 3. The van der Waals surface area contributed by atoms with Gasteiger partial charge in [0.2, 0.25) is 0 Å². The first-order valence-corrected chi connectivity index (χ1v) is 7.07. The van der Waals surface area contributed by atoms with Gasteiger partial charge in [0, 0.05) is 25.7 Å². The van der Waals surface area contributed by atoms with Crippen molar-refractivity contribution in [2.45, 2.75) is 31.6 Å². The summed E-state index contributed by atoms with van der Waals surface area (Å²) in [5, 5.41) is 0. The van der Waals surface area contributed by atoms with E-state index in [0.29, 0.717) is 18.4 Å². The Morgan fingerprint density at radius 3 is 2.70 bits per heavy atom. The van der Waals surface area contributed by atoms with Crippen LogP contribution >= 0.6 is 0 Å². The van der Waals surface area contributed by atoms with E-state index in [9.17, 15) is 13.2 Å². The lowest BCUT2D eigenvalue weighted by atomic mass is 9.98. The van der Waals surface area contributed by atoms with Crippen LogP contribution in [-0.2, 0) is 12.7 Å². The first-order valence-electron chi connectivity index (χ1n) is 7.07. The van der Waals surface area contributed by atoms with Crippen LogP contribution in [0.15, 0.2) is 24.3 Å². The molecular weight excluding hydrogens is 265 g/mol. The van der Waals surface area contributed by atoms with Crippen LogP contribution in [0.2, 0.25) is 0 Å². The van der Waals surface area contributed by atoms with Gasteiger partial charge in [-0.15, -0.1) is 0 Å². The normalized spacial score (nSPS) is 30.7. The zero-order chi connectivity index (χ0) is 14.3. The molecule has 0 radical (unpaired) electrons. The summed E-state index contributed by atoms with van der Waals surface area (Å²) in [7, 11) is 0. The SMILES string of the molecule is N[C@@H]1CC[C@H]2CN(Cc3cccc(C(F)(F)F)c3)CC21. The van der Waals surface area contributed by atoms with E-state index in [2.05, 4.69) is 4.90 Å². The van der Waals surface area contributed by atoms with Crippen molar-refractivity contribution in [2.24, 2.45) is 17.6 Å². The predicted molar refractivity (Wildman–Crippen MR) is 70.9 cm³/mol. The molecule has 0 aromatic heterocycles. The average Bonchev–Trinajstić information content (AvgIpc) is 2.91. The van der Waals surface area contributed by atoms with Crippen LogP contribution in [0.3, 0.4) is 0 Å². The Labute approximate surface area is 116 Å². The zero-order valence-electron chi connectivity index (χ0n) is 11.2. The van der Waals surface area contributed by atoms with Gasteiger partial charge in [-0.2, -0.15) is 13.2 Å². The Bertz CT molecular complexity index is 486. The standard InChI is InChI=1S/C15H19F3N2/c16-15(17,18)12-3-1-2-10(6-12)7-20-8-11-4-5-14(19)13(11)9-20/h1-3,6,11,13-14H,4-5,7-9,19H2/t11-,13?,14+/m0/s1. The molecule has 1 aromatic carbocycles. The minimum Gasteiger partial charge on any atom is -0.327 e. The van der Waals surface area contributed by atoms with E-state index in [4.69, 9.17) is 5.73 Å². The highest BCUT2D eigenvalue weighted by Crippen LogP contribution is 2.38. The molecule has 2 N–H and O–H groups in total. The van der Waals surface area contributed by atoms with Crippen molar-refractivity contribution in [3.05, 3.63) is 35.4 Å². The first-order chi connectivity index (χ1) is 9.43. The molecule has 1 heterocycles. The van der Waals surface area contributed by atoms with E-state index in [-0.39, 0.29) is 6.04 Å². The van der Waals surface area contributed by atoms with Gasteiger partial charge in [0.15, 0.2) is 0 Å². The lowest BCUT2D eigenvalue weighted by Gasteiger charge is -2.19. The summed E-state index contributed by atoms with van der Waals surface area (Å²) in [6.45, 7) is 2.47. The van der Waals surface area contributed by atoms with Crippen molar-refractivity contribution in [1.82, 2.24) is 4.90 Å². The summed E-state index contributed by atoms with van der Waals surface area (Å²) in [6, 6.07) is 5.91. The molecule has 2 fully saturated rings. The Morgan fingerprint density at radius 2 is 2.00 bits per heavy atom. The van der Waals surface area contributed by atoms with Gasteiger partial charge in [0.25, 0.3) is 0 Å². The number of fused-ring (bicyclic) bond motifs is 1. The van der Waals surface area contributed by atoms with Gasteiger partial charge >= 0.3 is 6.18 Å². The number of nitrogens with zero attached hydrogens (tertiary/aromatic N) is 1. The Hall–Kier alpha value is -1.07. The minimum absolute atomic E-state index is 0.270. The molecule has 0 spiro atoms. The van der Waals surface area contributed by atoms with Crippen molar-refractivity contribution in [2.75, 3.05) is 13.1 Å². The topological polar surface area (TPSA) is 29.3 Å². The molecule has 1 saturated heterocycles. The van der Waals surface area contributed by atoms with Gasteiger partial charge in [-0.3, -0.25) is 4.90 Å². The molecular formula is C15H19F3N2. The van der Waals surface area contributed by atoms with E-state index in [1.165, 1.54) is 12.1 Å². The fourth-order valence-electron chi connectivity index (χ4n) is 3.63.